The maximum atomic E-state index is 12.8. The Kier molecular flexibility index (Phi) is 10.9. The topological polar surface area (TPSA) is 251 Å². The summed E-state index contributed by atoms with van der Waals surface area (Å²) in [6, 6.07) is 1.17. The van der Waals surface area contributed by atoms with Gasteiger partial charge < -0.3 is 42.7 Å². The van der Waals surface area contributed by atoms with Gasteiger partial charge in [-0.05, 0) is 24.1 Å². The quantitative estimate of drug-likeness (QED) is 0.135. The summed E-state index contributed by atoms with van der Waals surface area (Å²) in [7, 11) is 0. The van der Waals surface area contributed by atoms with Crippen molar-refractivity contribution < 1.29 is 44.1 Å². The number of primary amides is 1. The number of phenols is 1. The highest BCUT2D eigenvalue weighted by molar-refractivity contribution is 5.94. The predicted molar refractivity (Wildman–Crippen MR) is 115 cm³/mol. The van der Waals surface area contributed by atoms with Crippen molar-refractivity contribution in [1.82, 2.24) is 16.0 Å². The number of amides is 4. The van der Waals surface area contributed by atoms with E-state index in [-0.39, 0.29) is 18.6 Å². The van der Waals surface area contributed by atoms with Crippen molar-refractivity contribution >= 4 is 35.6 Å². The number of carbonyl (C=O) groups excluding carboxylic acids is 4. The number of hydrogen-bond donors (Lipinski definition) is 8. The van der Waals surface area contributed by atoms with Crippen LogP contribution in [0, 0.1) is 0 Å². The third-order valence-corrected chi connectivity index (χ3v) is 4.51. The number of carboxylic acid groups (broad SMARTS) is 2. The van der Waals surface area contributed by atoms with Gasteiger partial charge in [0.05, 0.1) is 13.0 Å². The smallest absolute Gasteiger partial charge is 0.326 e. The Morgan fingerprint density at radius 2 is 1.41 bits per heavy atom. The van der Waals surface area contributed by atoms with Gasteiger partial charge in [0.2, 0.25) is 23.6 Å². The summed E-state index contributed by atoms with van der Waals surface area (Å²) in [5.74, 6) is -6.42. The first kappa shape index (κ1) is 27.8. The number of nitrogens with two attached hydrogens (primary N) is 2. The maximum Gasteiger partial charge on any atom is 0.326 e. The Hall–Kier alpha value is -4.20. The zero-order valence-electron chi connectivity index (χ0n) is 18.0. The Morgan fingerprint density at radius 1 is 0.853 bits per heavy atom. The van der Waals surface area contributed by atoms with Crippen molar-refractivity contribution in [3.8, 4) is 5.75 Å². The molecule has 0 aliphatic carbocycles. The highest BCUT2D eigenvalue weighted by Gasteiger charge is 2.30. The Labute approximate surface area is 193 Å². The van der Waals surface area contributed by atoms with Crippen molar-refractivity contribution in [2.45, 2.75) is 43.8 Å². The molecule has 0 aliphatic heterocycles. The minimum atomic E-state index is -1.66. The second kappa shape index (κ2) is 13.4. The van der Waals surface area contributed by atoms with E-state index >= 15 is 0 Å². The summed E-state index contributed by atoms with van der Waals surface area (Å²) in [6.07, 6.45) is -1.65. The number of hydrogen-bond acceptors (Lipinski definition) is 8. The van der Waals surface area contributed by atoms with E-state index in [0.717, 1.165) is 0 Å². The minimum absolute atomic E-state index is 0.0561. The predicted octanol–water partition coefficient (Wildman–Crippen LogP) is -2.83. The molecule has 3 atom stereocenters. The van der Waals surface area contributed by atoms with Crippen LogP contribution in [0.2, 0.25) is 0 Å². The minimum Gasteiger partial charge on any atom is -0.508 e. The van der Waals surface area contributed by atoms with Gasteiger partial charge >= 0.3 is 11.9 Å². The number of aromatic hydroxyl groups is 1. The Morgan fingerprint density at radius 3 is 1.91 bits per heavy atom. The van der Waals surface area contributed by atoms with Crippen molar-refractivity contribution in [2.75, 3.05) is 6.54 Å². The van der Waals surface area contributed by atoms with Gasteiger partial charge in [-0.15, -0.1) is 0 Å². The highest BCUT2D eigenvalue weighted by Crippen LogP contribution is 2.12. The molecule has 4 amide bonds. The lowest BCUT2D eigenvalue weighted by Gasteiger charge is -2.24. The molecular weight excluding hydrogens is 454 g/mol. The summed E-state index contributed by atoms with van der Waals surface area (Å²) in [4.78, 5) is 70.7. The van der Waals surface area contributed by atoms with Crippen LogP contribution in [0.1, 0.15) is 24.8 Å². The molecule has 0 spiro atoms. The van der Waals surface area contributed by atoms with Crippen LogP contribution in [0.3, 0.4) is 0 Å². The van der Waals surface area contributed by atoms with Gasteiger partial charge in [-0.25, -0.2) is 4.79 Å². The summed E-state index contributed by atoms with van der Waals surface area (Å²) in [6.45, 7) is -0.471. The van der Waals surface area contributed by atoms with Crippen LogP contribution in [0.4, 0.5) is 0 Å². The van der Waals surface area contributed by atoms with Crippen LogP contribution in [-0.2, 0) is 35.2 Å². The second-order valence-electron chi connectivity index (χ2n) is 7.26. The van der Waals surface area contributed by atoms with Crippen LogP contribution in [0.5, 0.6) is 5.75 Å². The molecule has 1 aromatic rings. The molecule has 14 heteroatoms. The molecule has 3 unspecified atom stereocenters. The largest absolute Gasteiger partial charge is 0.508 e. The number of rotatable bonds is 14. The zero-order valence-corrected chi connectivity index (χ0v) is 18.0. The molecule has 1 aromatic carbocycles. The SMILES string of the molecule is NCC(=O)NC(CCC(=O)O)C(=O)NC(Cc1ccc(O)cc1)C(=O)NC(CC(N)=O)C(=O)O. The van der Waals surface area contributed by atoms with Gasteiger partial charge in [-0.1, -0.05) is 12.1 Å². The summed E-state index contributed by atoms with van der Waals surface area (Å²) < 4.78 is 0. The first-order valence-electron chi connectivity index (χ1n) is 10.0. The molecular formula is C20H27N5O9. The highest BCUT2D eigenvalue weighted by atomic mass is 16.4. The standard InChI is InChI=1S/C20H27N5O9/c21-9-16(28)23-12(5-6-17(29)30)18(31)24-13(7-10-1-3-11(26)4-2-10)19(32)25-14(20(33)34)8-15(22)27/h1-4,12-14,26H,5-9,21H2,(H2,22,27)(H,23,28)(H,24,31)(H,25,32)(H,29,30)(H,33,34). The number of aliphatic carboxylic acids is 2. The fourth-order valence-electron chi connectivity index (χ4n) is 2.81. The van der Waals surface area contributed by atoms with E-state index in [4.69, 9.17) is 16.6 Å². The van der Waals surface area contributed by atoms with Gasteiger partial charge in [0.1, 0.15) is 23.9 Å². The molecule has 0 radical (unpaired) electrons. The van der Waals surface area contributed by atoms with Crippen molar-refractivity contribution in [3.05, 3.63) is 29.8 Å². The lowest BCUT2D eigenvalue weighted by atomic mass is 10.0. The average molecular weight is 481 g/mol. The zero-order chi connectivity index (χ0) is 25.8. The third-order valence-electron chi connectivity index (χ3n) is 4.51. The van der Waals surface area contributed by atoms with Crippen molar-refractivity contribution in [3.63, 3.8) is 0 Å². The van der Waals surface area contributed by atoms with Crippen LogP contribution in [0.25, 0.3) is 0 Å². The lowest BCUT2D eigenvalue weighted by molar-refractivity contribution is -0.143. The van der Waals surface area contributed by atoms with Gasteiger partial charge in [0.25, 0.3) is 0 Å². The van der Waals surface area contributed by atoms with Crippen LogP contribution in [0.15, 0.2) is 24.3 Å². The van der Waals surface area contributed by atoms with E-state index < -0.39 is 73.1 Å². The van der Waals surface area contributed by atoms with Gasteiger partial charge in [-0.2, -0.15) is 0 Å². The fourth-order valence-corrected chi connectivity index (χ4v) is 2.81. The summed E-state index contributed by atoms with van der Waals surface area (Å²) >= 11 is 0. The third kappa shape index (κ3) is 9.95. The van der Waals surface area contributed by atoms with E-state index in [1.807, 2.05) is 0 Å². The van der Waals surface area contributed by atoms with Crippen molar-refractivity contribution in [2.24, 2.45) is 11.5 Å². The number of benzene rings is 1. The fraction of sp³-hybridized carbons (Fsp3) is 0.400. The molecule has 186 valence electrons. The molecule has 0 saturated carbocycles. The first-order chi connectivity index (χ1) is 15.9. The van der Waals surface area contributed by atoms with Crippen LogP contribution < -0.4 is 27.4 Å². The molecule has 1 rings (SSSR count). The number of nitrogens with one attached hydrogen (secondary N) is 3. The molecule has 0 bridgehead atoms. The lowest BCUT2D eigenvalue weighted by Crippen LogP contribution is -2.57. The molecule has 0 aromatic heterocycles. The normalized spacial score (nSPS) is 13.1. The molecule has 0 fully saturated rings. The first-order valence-corrected chi connectivity index (χ1v) is 10.0. The van der Waals surface area contributed by atoms with E-state index in [0.29, 0.717) is 5.56 Å². The van der Waals surface area contributed by atoms with Crippen LogP contribution in [-0.4, -0.2) is 75.6 Å². The van der Waals surface area contributed by atoms with E-state index in [1.54, 1.807) is 0 Å². The molecule has 0 heterocycles. The van der Waals surface area contributed by atoms with E-state index in [1.165, 1.54) is 24.3 Å². The average Bonchev–Trinajstić information content (AvgIpc) is 2.76. The molecule has 10 N–H and O–H groups in total. The maximum absolute atomic E-state index is 12.8. The number of carbonyl (C=O) groups is 6. The number of carboxylic acids is 2. The molecule has 0 saturated heterocycles. The summed E-state index contributed by atoms with van der Waals surface area (Å²) in [5.41, 5.74) is 10.7. The van der Waals surface area contributed by atoms with Gasteiger partial charge in [0.15, 0.2) is 0 Å². The monoisotopic (exact) mass is 481 g/mol. The van der Waals surface area contributed by atoms with Gasteiger partial charge in [-0.3, -0.25) is 24.0 Å². The van der Waals surface area contributed by atoms with Gasteiger partial charge in [0, 0.05) is 12.8 Å². The van der Waals surface area contributed by atoms with Crippen LogP contribution >= 0.6 is 0 Å². The Balaban J connectivity index is 3.14. The molecule has 0 aliphatic rings. The molecule has 34 heavy (non-hydrogen) atoms. The molecule has 14 nitrogen and oxygen atoms in total. The van der Waals surface area contributed by atoms with Crippen molar-refractivity contribution in [1.29, 1.82) is 0 Å². The van der Waals surface area contributed by atoms with E-state index in [2.05, 4.69) is 16.0 Å². The number of phenolic OH excluding ortho intramolecular Hbond substituents is 1. The summed E-state index contributed by atoms with van der Waals surface area (Å²) in [5, 5.41) is 34.3. The second-order valence-corrected chi connectivity index (χ2v) is 7.26. The Bertz CT molecular complexity index is 920. The van der Waals surface area contributed by atoms with E-state index in [9.17, 15) is 39.0 Å².